The van der Waals surface area contributed by atoms with E-state index in [2.05, 4.69) is 0 Å². The Morgan fingerprint density at radius 1 is 1.24 bits per heavy atom. The summed E-state index contributed by atoms with van der Waals surface area (Å²) >= 11 is 0. The Morgan fingerprint density at radius 3 is 2.60 bits per heavy atom. The molecule has 3 N–H and O–H groups in total. The topological polar surface area (TPSA) is 147 Å². The second-order valence-corrected chi connectivity index (χ2v) is 5.12. The number of aromatic nitrogens is 1. The number of anilines is 1. The van der Waals surface area contributed by atoms with E-state index in [-0.39, 0.29) is 28.4 Å². The number of nitro groups is 1. The number of nitrogens with two attached hydrogens (primary N) is 1. The van der Waals surface area contributed by atoms with Gasteiger partial charge in [0.25, 0.3) is 23.1 Å². The minimum atomic E-state index is -0.770. The van der Waals surface area contributed by atoms with Crippen LogP contribution in [0.4, 0.5) is 11.5 Å². The lowest BCUT2D eigenvalue weighted by molar-refractivity contribution is -0.384. The largest absolute Gasteiger partial charge is 0.494 e. The quantitative estimate of drug-likeness (QED) is 0.469. The molecule has 10 heteroatoms. The third-order valence-corrected chi connectivity index (χ3v) is 3.65. The highest BCUT2D eigenvalue weighted by atomic mass is 16.6. The van der Waals surface area contributed by atoms with Gasteiger partial charge in [0, 0.05) is 6.07 Å². The van der Waals surface area contributed by atoms with E-state index in [1.165, 1.54) is 12.1 Å². The number of ether oxygens (including phenoxy) is 1. The van der Waals surface area contributed by atoms with Crippen molar-refractivity contribution >= 4 is 23.3 Å². The number of nitrogens with zero attached hydrogens (tertiary/aromatic N) is 2. The highest BCUT2D eigenvalue weighted by molar-refractivity contribution is 6.23. The van der Waals surface area contributed by atoms with Gasteiger partial charge in [-0.05, 0) is 19.1 Å². The SMILES string of the molecule is CCOc1ccc(-n2c(N)c3c(cc2=O)C(=O)NC3=O)c([N+](=O)[O-])c1. The number of pyridine rings is 1. The number of nitrogens with one attached hydrogen (secondary N) is 1. The number of rotatable bonds is 4. The van der Waals surface area contributed by atoms with E-state index in [0.717, 1.165) is 16.7 Å². The van der Waals surface area contributed by atoms with Crippen LogP contribution in [0.1, 0.15) is 27.6 Å². The lowest BCUT2D eigenvalue weighted by Crippen LogP contribution is -2.24. The number of hydrogen-bond acceptors (Lipinski definition) is 7. The zero-order valence-electron chi connectivity index (χ0n) is 12.9. The molecule has 0 saturated heterocycles. The molecule has 1 aliphatic heterocycles. The van der Waals surface area contributed by atoms with Gasteiger partial charge < -0.3 is 10.5 Å². The fourth-order valence-electron chi connectivity index (χ4n) is 2.62. The molecule has 1 aliphatic rings. The molecule has 1 aromatic carbocycles. The zero-order valence-corrected chi connectivity index (χ0v) is 12.9. The normalized spacial score (nSPS) is 12.7. The van der Waals surface area contributed by atoms with Gasteiger partial charge >= 0.3 is 0 Å². The first kappa shape index (κ1) is 16.2. The highest BCUT2D eigenvalue weighted by Gasteiger charge is 2.33. The Morgan fingerprint density at radius 2 is 1.96 bits per heavy atom. The van der Waals surface area contributed by atoms with Crippen LogP contribution in [0.5, 0.6) is 5.75 Å². The summed E-state index contributed by atoms with van der Waals surface area (Å²) in [5.41, 5.74) is 4.21. The van der Waals surface area contributed by atoms with Crippen LogP contribution >= 0.6 is 0 Å². The van der Waals surface area contributed by atoms with E-state index in [4.69, 9.17) is 10.5 Å². The fraction of sp³-hybridized carbons (Fsp3) is 0.133. The van der Waals surface area contributed by atoms with Crippen LogP contribution in [-0.4, -0.2) is 27.9 Å². The minimum absolute atomic E-state index is 0.133. The van der Waals surface area contributed by atoms with E-state index >= 15 is 0 Å². The Labute approximate surface area is 140 Å². The van der Waals surface area contributed by atoms with Gasteiger partial charge in [-0.15, -0.1) is 0 Å². The van der Waals surface area contributed by atoms with E-state index in [0.29, 0.717) is 6.61 Å². The van der Waals surface area contributed by atoms with Crippen molar-refractivity contribution in [2.24, 2.45) is 0 Å². The van der Waals surface area contributed by atoms with Crippen molar-refractivity contribution in [2.45, 2.75) is 6.92 Å². The Balaban J connectivity index is 2.30. The summed E-state index contributed by atoms with van der Waals surface area (Å²) in [6.45, 7) is 2.03. The molecule has 0 fully saturated rings. The first-order valence-corrected chi connectivity index (χ1v) is 7.18. The van der Waals surface area contributed by atoms with Gasteiger partial charge in [-0.2, -0.15) is 0 Å². The van der Waals surface area contributed by atoms with Gasteiger partial charge in [0.1, 0.15) is 17.3 Å². The molecule has 10 nitrogen and oxygen atoms in total. The van der Waals surface area contributed by atoms with Crippen molar-refractivity contribution in [2.75, 3.05) is 12.3 Å². The Kier molecular flexibility index (Phi) is 3.72. The molecule has 0 radical (unpaired) electrons. The van der Waals surface area contributed by atoms with Crippen LogP contribution in [-0.2, 0) is 0 Å². The van der Waals surface area contributed by atoms with E-state index in [1.54, 1.807) is 6.92 Å². The van der Waals surface area contributed by atoms with Crippen LogP contribution in [0.25, 0.3) is 5.69 Å². The van der Waals surface area contributed by atoms with E-state index in [1.807, 2.05) is 5.32 Å². The summed E-state index contributed by atoms with van der Waals surface area (Å²) in [6, 6.07) is 4.81. The number of nitro benzene ring substituents is 1. The predicted molar refractivity (Wildman–Crippen MR) is 86.1 cm³/mol. The Bertz CT molecular complexity index is 994. The van der Waals surface area contributed by atoms with Crippen molar-refractivity contribution in [3.05, 3.63) is 55.9 Å². The van der Waals surface area contributed by atoms with Gasteiger partial charge in [-0.25, -0.2) is 0 Å². The fourth-order valence-corrected chi connectivity index (χ4v) is 2.62. The number of amides is 2. The maximum Gasteiger partial charge on any atom is 0.297 e. The van der Waals surface area contributed by atoms with Crippen molar-refractivity contribution < 1.29 is 19.2 Å². The van der Waals surface area contributed by atoms with Crippen molar-refractivity contribution in [3.63, 3.8) is 0 Å². The number of carbonyl (C=O) groups excluding carboxylic acids is 2. The van der Waals surface area contributed by atoms with E-state index in [9.17, 15) is 24.5 Å². The van der Waals surface area contributed by atoms with Gasteiger partial charge in [0.15, 0.2) is 0 Å². The van der Waals surface area contributed by atoms with Crippen molar-refractivity contribution in [3.8, 4) is 11.4 Å². The molecular formula is C15H12N4O6. The lowest BCUT2D eigenvalue weighted by Gasteiger charge is -2.13. The summed E-state index contributed by atoms with van der Waals surface area (Å²) in [5, 5.41) is 13.4. The molecule has 0 saturated carbocycles. The van der Waals surface area contributed by atoms with Crippen LogP contribution in [0.3, 0.4) is 0 Å². The number of benzene rings is 1. The van der Waals surface area contributed by atoms with Gasteiger partial charge in [-0.1, -0.05) is 0 Å². The lowest BCUT2D eigenvalue weighted by atomic mass is 10.1. The number of carbonyl (C=O) groups is 2. The van der Waals surface area contributed by atoms with Crippen LogP contribution in [0.2, 0.25) is 0 Å². The molecule has 0 aliphatic carbocycles. The zero-order chi connectivity index (χ0) is 18.3. The average Bonchev–Trinajstić information content (AvgIpc) is 2.82. The van der Waals surface area contributed by atoms with Crippen molar-refractivity contribution in [1.29, 1.82) is 0 Å². The maximum atomic E-state index is 12.4. The second-order valence-electron chi connectivity index (χ2n) is 5.12. The first-order valence-electron chi connectivity index (χ1n) is 7.18. The summed E-state index contributed by atoms with van der Waals surface area (Å²) in [4.78, 5) is 46.6. The molecule has 2 aromatic rings. The average molecular weight is 344 g/mol. The van der Waals surface area contributed by atoms with Gasteiger partial charge in [0.05, 0.1) is 28.7 Å². The summed E-state index contributed by atoms with van der Waals surface area (Å²) < 4.78 is 6.05. The molecule has 25 heavy (non-hydrogen) atoms. The first-order chi connectivity index (χ1) is 11.8. The second kappa shape index (κ2) is 5.74. The smallest absolute Gasteiger partial charge is 0.297 e. The maximum absolute atomic E-state index is 12.4. The van der Waals surface area contributed by atoms with Crippen LogP contribution in [0, 0.1) is 10.1 Å². The molecule has 0 unspecified atom stereocenters. The third kappa shape index (κ3) is 2.49. The van der Waals surface area contributed by atoms with Crippen molar-refractivity contribution in [1.82, 2.24) is 9.88 Å². The molecule has 0 bridgehead atoms. The molecule has 128 valence electrons. The number of fused-ring (bicyclic) bond motifs is 1. The molecular weight excluding hydrogens is 332 g/mol. The third-order valence-electron chi connectivity index (χ3n) is 3.65. The van der Waals surface area contributed by atoms with Crippen LogP contribution < -0.4 is 21.3 Å². The van der Waals surface area contributed by atoms with E-state index < -0.39 is 28.0 Å². The van der Waals surface area contributed by atoms with Crippen LogP contribution in [0.15, 0.2) is 29.1 Å². The Hall–Kier alpha value is -3.69. The molecule has 3 rings (SSSR count). The summed E-state index contributed by atoms with van der Waals surface area (Å²) in [5.74, 6) is -1.60. The molecule has 0 spiro atoms. The number of hydrogen-bond donors (Lipinski definition) is 2. The summed E-state index contributed by atoms with van der Waals surface area (Å²) in [6.07, 6.45) is 0. The summed E-state index contributed by atoms with van der Waals surface area (Å²) in [7, 11) is 0. The van der Waals surface area contributed by atoms with Gasteiger partial charge in [-0.3, -0.25) is 34.4 Å². The molecule has 1 aromatic heterocycles. The molecule has 2 heterocycles. The number of nitrogen functional groups attached to an aromatic ring is 1. The predicted octanol–water partition coefficient (Wildman–Crippen LogP) is 0.610. The van der Waals surface area contributed by atoms with Gasteiger partial charge in [0.2, 0.25) is 0 Å². The monoisotopic (exact) mass is 344 g/mol. The standard InChI is InChI=1S/C15H12N4O6/c1-2-25-7-3-4-9(10(5-7)19(23)24)18-11(20)6-8-12(13(18)16)15(22)17-14(8)21/h3-6H,2,16H2,1H3,(H,17,21,22). The number of imide groups is 1. The highest BCUT2D eigenvalue weighted by Crippen LogP contribution is 2.30. The minimum Gasteiger partial charge on any atom is -0.494 e. The molecule has 2 amide bonds. The molecule has 0 atom stereocenters.